The number of fused-ring (bicyclic) bond motifs is 1. The topological polar surface area (TPSA) is 102 Å². The van der Waals surface area contributed by atoms with Gasteiger partial charge in [0, 0.05) is 0 Å². The molecular weight excluding hydrogens is 555 g/mol. The van der Waals surface area contributed by atoms with Crippen LogP contribution >= 0.6 is 22.6 Å². The number of halogens is 1. The Hall–Kier alpha value is -3.36. The summed E-state index contributed by atoms with van der Waals surface area (Å²) in [4.78, 5) is 4.40. The number of para-hydroxylation sites is 2. The Bertz CT molecular complexity index is 1480. The zero-order valence-electron chi connectivity index (χ0n) is 17.6. The van der Waals surface area contributed by atoms with Crippen molar-refractivity contribution in [3.8, 4) is 17.6 Å². The molecule has 4 rings (SSSR count). The van der Waals surface area contributed by atoms with Gasteiger partial charge in [-0.1, -0.05) is 29.8 Å². The lowest BCUT2D eigenvalue weighted by Gasteiger charge is -2.13. The van der Waals surface area contributed by atoms with Gasteiger partial charge in [-0.15, -0.1) is 0 Å². The standard InChI is InChI=1S/C24H17IN2O5S/c1-15-7-9-18(10-8-15)33(28,29)32-23-19(25)12-16(13-22(23)30-2)11-17(14-26)24-27-20-5-3-4-6-21(20)31-24/h3-13H,1-2H3/b17-11+. The third kappa shape index (κ3) is 4.86. The average molecular weight is 572 g/mol. The molecule has 0 aliphatic heterocycles. The highest BCUT2D eigenvalue weighted by Crippen LogP contribution is 2.37. The summed E-state index contributed by atoms with van der Waals surface area (Å²) in [6.45, 7) is 1.87. The van der Waals surface area contributed by atoms with Gasteiger partial charge in [-0.05, 0) is 77.6 Å². The summed E-state index contributed by atoms with van der Waals surface area (Å²) in [5.41, 5.74) is 2.96. The summed E-state index contributed by atoms with van der Waals surface area (Å²) in [7, 11) is -2.65. The molecule has 9 heteroatoms. The number of nitrogens with zero attached hydrogens (tertiary/aromatic N) is 2. The fourth-order valence-electron chi connectivity index (χ4n) is 3.06. The van der Waals surface area contributed by atoms with E-state index in [4.69, 9.17) is 13.3 Å². The Morgan fingerprint density at radius 3 is 2.55 bits per heavy atom. The van der Waals surface area contributed by atoms with Gasteiger partial charge in [0.25, 0.3) is 0 Å². The second kappa shape index (κ2) is 9.25. The second-order valence-electron chi connectivity index (χ2n) is 7.04. The van der Waals surface area contributed by atoms with Crippen molar-refractivity contribution in [2.75, 3.05) is 7.11 Å². The molecule has 0 unspecified atom stereocenters. The number of nitriles is 1. The van der Waals surface area contributed by atoms with Crippen LogP contribution < -0.4 is 8.92 Å². The van der Waals surface area contributed by atoms with E-state index in [0.717, 1.165) is 5.56 Å². The van der Waals surface area contributed by atoms with Crippen molar-refractivity contribution in [1.82, 2.24) is 4.98 Å². The minimum absolute atomic E-state index is 0.0395. The molecule has 0 aliphatic rings. The van der Waals surface area contributed by atoms with Crippen molar-refractivity contribution < 1.29 is 21.8 Å². The van der Waals surface area contributed by atoms with Crippen molar-refractivity contribution in [3.63, 3.8) is 0 Å². The molecule has 0 aliphatic carbocycles. The van der Waals surface area contributed by atoms with Crippen LogP contribution in [-0.4, -0.2) is 20.5 Å². The van der Waals surface area contributed by atoms with E-state index in [1.165, 1.54) is 19.2 Å². The van der Waals surface area contributed by atoms with E-state index in [0.29, 0.717) is 20.2 Å². The molecule has 4 aromatic rings. The highest BCUT2D eigenvalue weighted by atomic mass is 127. The van der Waals surface area contributed by atoms with Gasteiger partial charge in [0.05, 0.1) is 10.7 Å². The molecule has 1 heterocycles. The van der Waals surface area contributed by atoms with Gasteiger partial charge in [-0.3, -0.25) is 0 Å². The molecule has 33 heavy (non-hydrogen) atoms. The minimum Gasteiger partial charge on any atom is -0.493 e. The number of methoxy groups -OCH3 is 1. The summed E-state index contributed by atoms with van der Waals surface area (Å²) in [5.74, 6) is 0.463. The Kier molecular flexibility index (Phi) is 6.40. The molecule has 0 N–H and O–H groups in total. The number of aryl methyl sites for hydroxylation is 1. The van der Waals surface area contributed by atoms with E-state index < -0.39 is 10.1 Å². The smallest absolute Gasteiger partial charge is 0.339 e. The van der Waals surface area contributed by atoms with Crippen LogP contribution in [0.5, 0.6) is 11.5 Å². The number of hydrogen-bond donors (Lipinski definition) is 0. The maximum absolute atomic E-state index is 12.8. The zero-order chi connectivity index (χ0) is 23.6. The molecule has 0 bridgehead atoms. The monoisotopic (exact) mass is 572 g/mol. The predicted octanol–water partition coefficient (Wildman–Crippen LogP) is 5.58. The summed E-state index contributed by atoms with van der Waals surface area (Å²) in [5, 5.41) is 9.66. The maximum Gasteiger partial charge on any atom is 0.339 e. The number of ether oxygens (including phenoxy) is 1. The normalized spacial score (nSPS) is 11.9. The highest BCUT2D eigenvalue weighted by molar-refractivity contribution is 14.1. The zero-order valence-corrected chi connectivity index (χ0v) is 20.5. The van der Waals surface area contributed by atoms with Gasteiger partial charge in [0.2, 0.25) is 5.89 Å². The van der Waals surface area contributed by atoms with Crippen LogP contribution in [0, 0.1) is 21.8 Å². The molecule has 0 atom stereocenters. The minimum atomic E-state index is -4.06. The highest BCUT2D eigenvalue weighted by Gasteiger charge is 2.22. The SMILES string of the molecule is COc1cc(/C=C(\C#N)c2nc3ccccc3o2)cc(I)c1OS(=O)(=O)c1ccc(C)cc1. The first-order chi connectivity index (χ1) is 15.8. The average Bonchev–Trinajstić information content (AvgIpc) is 3.23. The molecular formula is C24H17IN2O5S. The van der Waals surface area contributed by atoms with E-state index in [-0.39, 0.29) is 27.9 Å². The van der Waals surface area contributed by atoms with E-state index in [2.05, 4.69) is 11.1 Å². The summed E-state index contributed by atoms with van der Waals surface area (Å²) < 4.78 is 42.5. The van der Waals surface area contributed by atoms with Gasteiger partial charge in [0.15, 0.2) is 17.1 Å². The Morgan fingerprint density at radius 1 is 1.15 bits per heavy atom. The summed E-state index contributed by atoms with van der Waals surface area (Å²) in [6, 6.07) is 19.0. The van der Waals surface area contributed by atoms with Crippen LogP contribution in [-0.2, 0) is 10.1 Å². The second-order valence-corrected chi connectivity index (χ2v) is 9.75. The van der Waals surface area contributed by atoms with Gasteiger partial charge < -0.3 is 13.3 Å². The number of rotatable bonds is 6. The van der Waals surface area contributed by atoms with Gasteiger partial charge in [-0.2, -0.15) is 13.7 Å². The Morgan fingerprint density at radius 2 is 1.88 bits per heavy atom. The lowest BCUT2D eigenvalue weighted by Crippen LogP contribution is -2.11. The largest absolute Gasteiger partial charge is 0.493 e. The van der Waals surface area contributed by atoms with Crippen LogP contribution in [0.15, 0.2) is 70.0 Å². The number of aromatic nitrogens is 1. The van der Waals surface area contributed by atoms with E-state index in [1.54, 1.807) is 42.5 Å². The number of oxazole rings is 1. The maximum atomic E-state index is 12.8. The Balaban J connectivity index is 1.71. The molecule has 1 aromatic heterocycles. The summed E-state index contributed by atoms with van der Waals surface area (Å²) in [6.07, 6.45) is 1.59. The van der Waals surface area contributed by atoms with Gasteiger partial charge in [0.1, 0.15) is 22.1 Å². The van der Waals surface area contributed by atoms with Crippen molar-refractivity contribution in [3.05, 3.63) is 81.3 Å². The molecule has 3 aromatic carbocycles. The fraction of sp³-hybridized carbons (Fsp3) is 0.0833. The predicted molar refractivity (Wildman–Crippen MR) is 132 cm³/mol. The third-order valence-corrected chi connectivity index (χ3v) is 6.75. The van der Waals surface area contributed by atoms with Gasteiger partial charge >= 0.3 is 10.1 Å². The van der Waals surface area contributed by atoms with Crippen LogP contribution in [0.3, 0.4) is 0 Å². The number of benzene rings is 3. The fourth-order valence-corrected chi connectivity index (χ4v) is 4.90. The van der Waals surface area contributed by atoms with E-state index in [1.807, 2.05) is 41.6 Å². The molecule has 0 fully saturated rings. The van der Waals surface area contributed by atoms with Crippen molar-refractivity contribution in [2.45, 2.75) is 11.8 Å². The van der Waals surface area contributed by atoms with Gasteiger partial charge in [-0.25, -0.2) is 4.98 Å². The lowest BCUT2D eigenvalue weighted by molar-refractivity contribution is 0.389. The van der Waals surface area contributed by atoms with Crippen molar-refractivity contribution in [1.29, 1.82) is 5.26 Å². The molecule has 0 saturated heterocycles. The van der Waals surface area contributed by atoms with Crippen LogP contribution in [0.25, 0.3) is 22.7 Å². The molecule has 0 amide bonds. The van der Waals surface area contributed by atoms with Crippen LogP contribution in [0.4, 0.5) is 0 Å². The van der Waals surface area contributed by atoms with Crippen LogP contribution in [0.1, 0.15) is 17.0 Å². The number of hydrogen-bond acceptors (Lipinski definition) is 7. The van der Waals surface area contributed by atoms with E-state index >= 15 is 0 Å². The van der Waals surface area contributed by atoms with Crippen LogP contribution in [0.2, 0.25) is 0 Å². The Labute approximate surface area is 204 Å². The quantitative estimate of drug-likeness (QED) is 0.169. The third-order valence-electron chi connectivity index (χ3n) is 4.71. The van der Waals surface area contributed by atoms with Crippen molar-refractivity contribution in [2.24, 2.45) is 0 Å². The molecule has 0 spiro atoms. The molecule has 166 valence electrons. The molecule has 7 nitrogen and oxygen atoms in total. The van der Waals surface area contributed by atoms with E-state index in [9.17, 15) is 13.7 Å². The lowest BCUT2D eigenvalue weighted by atomic mass is 10.1. The first kappa shape index (κ1) is 22.8. The first-order valence-corrected chi connectivity index (χ1v) is 12.2. The number of allylic oxidation sites excluding steroid dienone is 1. The first-order valence-electron chi connectivity index (χ1n) is 9.67. The summed E-state index contributed by atoms with van der Waals surface area (Å²) >= 11 is 1.96. The van der Waals surface area contributed by atoms with Crippen molar-refractivity contribution >= 4 is 55.5 Å². The molecule has 0 saturated carbocycles. The molecule has 0 radical (unpaired) electrons.